The molecule has 0 saturated heterocycles. The number of aliphatic hydroxyl groups is 1. The van der Waals surface area contributed by atoms with E-state index in [0.29, 0.717) is 0 Å². The number of rotatable bonds is 4. The van der Waals surface area contributed by atoms with Gasteiger partial charge in [0.2, 0.25) is 0 Å². The number of aliphatic hydroxyl groups excluding tert-OH is 1. The van der Waals surface area contributed by atoms with Crippen molar-refractivity contribution in [3.63, 3.8) is 0 Å². The second-order valence-corrected chi connectivity index (χ2v) is 3.29. The summed E-state index contributed by atoms with van der Waals surface area (Å²) in [6.07, 6.45) is 2.05. The summed E-state index contributed by atoms with van der Waals surface area (Å²) in [5.74, 6) is -0.147. The Morgan fingerprint density at radius 2 is 2.40 bits per heavy atom. The zero-order valence-corrected chi connectivity index (χ0v) is 8.16. The van der Waals surface area contributed by atoms with Crippen molar-refractivity contribution in [1.29, 1.82) is 0 Å². The molecule has 1 N–H and O–H groups in total. The minimum atomic E-state index is -0.618. The molecule has 1 atom stereocenters. The van der Waals surface area contributed by atoms with Gasteiger partial charge in [-0.05, 0) is 5.92 Å². The van der Waals surface area contributed by atoms with Crippen LogP contribution in [0.1, 0.15) is 6.92 Å². The lowest BCUT2D eigenvalue weighted by Gasteiger charge is -2.08. The number of aromatic nitrogens is 2. The molecule has 0 aromatic carbocycles. The smallest absolute Gasteiger partial charge is 0.347 e. The first-order valence-corrected chi connectivity index (χ1v) is 4.36. The summed E-state index contributed by atoms with van der Waals surface area (Å²) in [4.78, 5) is 24.4. The SMILES string of the molecule is CC(CO)Cn1cc([N+](=O)[O-])cnc1=O. The second kappa shape index (κ2) is 4.65. The normalized spacial score (nSPS) is 12.4. The number of hydrogen-bond donors (Lipinski definition) is 1. The van der Waals surface area contributed by atoms with Gasteiger partial charge in [-0.2, -0.15) is 4.98 Å². The van der Waals surface area contributed by atoms with Crippen molar-refractivity contribution < 1.29 is 10.0 Å². The van der Waals surface area contributed by atoms with Crippen LogP contribution in [0.25, 0.3) is 0 Å². The Labute approximate surface area is 85.1 Å². The van der Waals surface area contributed by atoms with Crippen LogP contribution in [-0.4, -0.2) is 26.2 Å². The first-order valence-electron chi connectivity index (χ1n) is 4.36. The highest BCUT2D eigenvalue weighted by Gasteiger charge is 2.10. The van der Waals surface area contributed by atoms with E-state index >= 15 is 0 Å². The topological polar surface area (TPSA) is 98.3 Å². The molecule has 7 nitrogen and oxygen atoms in total. The average molecular weight is 213 g/mol. The standard InChI is InChI=1S/C8H11N3O4/c1-6(5-12)3-10-4-7(11(14)15)2-9-8(10)13/h2,4,6,12H,3,5H2,1H3. The quantitative estimate of drug-likeness (QED) is 0.550. The molecule has 82 valence electrons. The van der Waals surface area contributed by atoms with Crippen molar-refractivity contribution in [2.45, 2.75) is 13.5 Å². The van der Waals surface area contributed by atoms with E-state index in [1.165, 1.54) is 0 Å². The molecule has 0 bridgehead atoms. The lowest BCUT2D eigenvalue weighted by molar-refractivity contribution is -0.385. The maximum Gasteiger partial charge on any atom is 0.347 e. The summed E-state index contributed by atoms with van der Waals surface area (Å²) in [5, 5.41) is 19.2. The highest BCUT2D eigenvalue weighted by molar-refractivity contribution is 5.20. The Morgan fingerprint density at radius 3 is 2.93 bits per heavy atom. The lowest BCUT2D eigenvalue weighted by atomic mass is 10.2. The average Bonchev–Trinajstić information content (AvgIpc) is 2.20. The third-order valence-electron chi connectivity index (χ3n) is 1.87. The molecular weight excluding hydrogens is 202 g/mol. The molecule has 15 heavy (non-hydrogen) atoms. The van der Waals surface area contributed by atoms with Gasteiger partial charge >= 0.3 is 11.4 Å². The van der Waals surface area contributed by atoms with Crippen LogP contribution in [-0.2, 0) is 6.54 Å². The summed E-state index contributed by atoms with van der Waals surface area (Å²) in [6.45, 7) is 1.85. The Balaban J connectivity index is 3.00. The van der Waals surface area contributed by atoms with Gasteiger partial charge in [0, 0.05) is 13.2 Å². The van der Waals surface area contributed by atoms with Crippen LogP contribution in [0.2, 0.25) is 0 Å². The van der Waals surface area contributed by atoms with Gasteiger partial charge in [0.15, 0.2) is 0 Å². The van der Waals surface area contributed by atoms with Crippen molar-refractivity contribution in [2.24, 2.45) is 5.92 Å². The third kappa shape index (κ3) is 2.84. The fraction of sp³-hybridized carbons (Fsp3) is 0.500. The Bertz CT molecular complexity index is 415. The van der Waals surface area contributed by atoms with Crippen LogP contribution in [0.15, 0.2) is 17.2 Å². The summed E-state index contributed by atoms with van der Waals surface area (Å²) in [7, 11) is 0. The molecule has 7 heteroatoms. The predicted molar refractivity (Wildman–Crippen MR) is 51.4 cm³/mol. The van der Waals surface area contributed by atoms with Gasteiger partial charge in [0.05, 0.1) is 11.1 Å². The van der Waals surface area contributed by atoms with Crippen molar-refractivity contribution in [3.8, 4) is 0 Å². The first-order chi connectivity index (χ1) is 7.04. The van der Waals surface area contributed by atoms with E-state index in [1.54, 1.807) is 6.92 Å². The van der Waals surface area contributed by atoms with Crippen LogP contribution >= 0.6 is 0 Å². The van der Waals surface area contributed by atoms with Gasteiger partial charge in [0.25, 0.3) is 0 Å². The largest absolute Gasteiger partial charge is 0.396 e. The minimum absolute atomic E-state index is 0.0882. The van der Waals surface area contributed by atoms with Gasteiger partial charge in [-0.1, -0.05) is 6.92 Å². The fourth-order valence-electron chi connectivity index (χ4n) is 1.06. The summed E-state index contributed by atoms with van der Waals surface area (Å²) >= 11 is 0. The molecule has 0 spiro atoms. The fourth-order valence-corrected chi connectivity index (χ4v) is 1.06. The van der Waals surface area contributed by atoms with E-state index in [4.69, 9.17) is 5.11 Å². The van der Waals surface area contributed by atoms with E-state index in [0.717, 1.165) is 17.0 Å². The number of hydrogen-bond acceptors (Lipinski definition) is 5. The van der Waals surface area contributed by atoms with Crippen LogP contribution in [0, 0.1) is 16.0 Å². The molecule has 0 saturated carbocycles. The zero-order chi connectivity index (χ0) is 11.4. The highest BCUT2D eigenvalue weighted by atomic mass is 16.6. The van der Waals surface area contributed by atoms with Gasteiger partial charge in [0.1, 0.15) is 6.20 Å². The van der Waals surface area contributed by atoms with Crippen molar-refractivity contribution in [1.82, 2.24) is 9.55 Å². The van der Waals surface area contributed by atoms with E-state index in [2.05, 4.69) is 4.98 Å². The molecule has 1 aromatic heterocycles. The molecular formula is C8H11N3O4. The second-order valence-electron chi connectivity index (χ2n) is 3.29. The van der Waals surface area contributed by atoms with E-state index in [1.807, 2.05) is 0 Å². The number of nitro groups is 1. The van der Waals surface area contributed by atoms with E-state index < -0.39 is 10.6 Å². The van der Waals surface area contributed by atoms with E-state index in [-0.39, 0.29) is 24.8 Å². The predicted octanol–water partition coefficient (Wildman–Crippen LogP) is -0.220. The molecule has 0 aliphatic heterocycles. The summed E-state index contributed by atoms with van der Waals surface area (Å²) in [5.41, 5.74) is -0.791. The maximum absolute atomic E-state index is 11.2. The van der Waals surface area contributed by atoms with Crippen molar-refractivity contribution in [3.05, 3.63) is 33.0 Å². The zero-order valence-electron chi connectivity index (χ0n) is 8.16. The molecule has 1 aromatic rings. The maximum atomic E-state index is 11.2. The first kappa shape index (κ1) is 11.3. The molecule has 0 amide bonds. The van der Waals surface area contributed by atoms with Gasteiger partial charge in [-0.15, -0.1) is 0 Å². The minimum Gasteiger partial charge on any atom is -0.396 e. The van der Waals surface area contributed by atoms with Crippen molar-refractivity contribution >= 4 is 5.69 Å². The Morgan fingerprint density at radius 1 is 1.73 bits per heavy atom. The monoisotopic (exact) mass is 213 g/mol. The number of nitrogens with zero attached hydrogens (tertiary/aromatic N) is 3. The Hall–Kier alpha value is -1.76. The van der Waals surface area contributed by atoms with Gasteiger partial charge < -0.3 is 5.11 Å². The van der Waals surface area contributed by atoms with Crippen LogP contribution in [0.3, 0.4) is 0 Å². The van der Waals surface area contributed by atoms with Crippen LogP contribution in [0.5, 0.6) is 0 Å². The molecule has 1 heterocycles. The van der Waals surface area contributed by atoms with E-state index in [9.17, 15) is 14.9 Å². The van der Waals surface area contributed by atoms with Gasteiger partial charge in [-0.25, -0.2) is 4.79 Å². The van der Waals surface area contributed by atoms with Crippen LogP contribution < -0.4 is 5.69 Å². The summed E-state index contributed by atoms with van der Waals surface area (Å²) in [6, 6.07) is 0. The molecule has 0 radical (unpaired) electrons. The van der Waals surface area contributed by atoms with Gasteiger partial charge in [-0.3, -0.25) is 14.7 Å². The molecule has 1 rings (SSSR count). The lowest BCUT2D eigenvalue weighted by Crippen LogP contribution is -2.26. The molecule has 1 unspecified atom stereocenters. The molecule has 0 aliphatic carbocycles. The van der Waals surface area contributed by atoms with Crippen molar-refractivity contribution in [2.75, 3.05) is 6.61 Å². The van der Waals surface area contributed by atoms with Crippen LogP contribution in [0.4, 0.5) is 5.69 Å². The molecule has 0 fully saturated rings. The molecule has 0 aliphatic rings. The summed E-state index contributed by atoms with van der Waals surface area (Å²) < 4.78 is 1.12. The third-order valence-corrected chi connectivity index (χ3v) is 1.87. The highest BCUT2D eigenvalue weighted by Crippen LogP contribution is 2.06. The Kier molecular flexibility index (Phi) is 3.51.